The van der Waals surface area contributed by atoms with Crippen molar-refractivity contribution in [2.75, 3.05) is 11.9 Å². The molecule has 9 heteroatoms. The van der Waals surface area contributed by atoms with Gasteiger partial charge in [-0.1, -0.05) is 32.9 Å². The smallest absolute Gasteiger partial charge is 0.274 e. The zero-order valence-electron chi connectivity index (χ0n) is 21.1. The van der Waals surface area contributed by atoms with Crippen molar-refractivity contribution in [1.29, 1.82) is 0 Å². The number of H-pyrrole nitrogens is 1. The molecule has 1 amide bonds. The van der Waals surface area contributed by atoms with Crippen LogP contribution in [0.1, 0.15) is 61.1 Å². The highest BCUT2D eigenvalue weighted by atomic mass is 19.1. The Hall–Kier alpha value is -3.59. The van der Waals surface area contributed by atoms with Gasteiger partial charge in [-0.15, -0.1) is 10.2 Å². The highest BCUT2D eigenvalue weighted by Crippen LogP contribution is 2.51. The molecule has 0 unspecified atom stereocenters. The number of pyridine rings is 1. The first-order valence-corrected chi connectivity index (χ1v) is 12.4. The lowest BCUT2D eigenvalue weighted by atomic mass is 9.58. The SMILES string of the molecule is CC(C)CNCc1cc(C(=O)Nc2cccc(C3(c4nncn4C)CC(C)C3)c2)nc2c(F)c[nH]c12. The minimum Gasteiger partial charge on any atom is -0.357 e. The molecule has 36 heavy (non-hydrogen) atoms. The number of aromatic amines is 1. The minimum absolute atomic E-state index is 0.169. The van der Waals surface area contributed by atoms with Gasteiger partial charge in [0.2, 0.25) is 0 Å². The summed E-state index contributed by atoms with van der Waals surface area (Å²) in [6, 6.07) is 9.59. The molecule has 0 saturated heterocycles. The zero-order chi connectivity index (χ0) is 25.4. The Labute approximate surface area is 209 Å². The number of carbonyl (C=O) groups is 1. The van der Waals surface area contributed by atoms with Crippen LogP contribution < -0.4 is 10.6 Å². The van der Waals surface area contributed by atoms with Crippen molar-refractivity contribution < 1.29 is 9.18 Å². The van der Waals surface area contributed by atoms with Crippen LogP contribution in [0.25, 0.3) is 11.0 Å². The van der Waals surface area contributed by atoms with E-state index < -0.39 is 5.82 Å². The zero-order valence-corrected chi connectivity index (χ0v) is 21.1. The lowest BCUT2D eigenvalue weighted by Gasteiger charge is -2.46. The Morgan fingerprint density at radius 3 is 2.81 bits per heavy atom. The number of benzene rings is 1. The largest absolute Gasteiger partial charge is 0.357 e. The Balaban J connectivity index is 1.42. The van der Waals surface area contributed by atoms with E-state index in [1.807, 2.05) is 29.8 Å². The van der Waals surface area contributed by atoms with E-state index in [4.69, 9.17) is 0 Å². The van der Waals surface area contributed by atoms with Crippen LogP contribution in [-0.4, -0.2) is 37.2 Å². The fraction of sp³-hybridized carbons (Fsp3) is 0.407. The van der Waals surface area contributed by atoms with Crippen LogP contribution in [0.4, 0.5) is 10.1 Å². The van der Waals surface area contributed by atoms with Gasteiger partial charge in [0.15, 0.2) is 5.82 Å². The molecule has 0 spiro atoms. The summed E-state index contributed by atoms with van der Waals surface area (Å²) in [5, 5.41) is 14.8. The fourth-order valence-electron chi connectivity index (χ4n) is 5.37. The van der Waals surface area contributed by atoms with Crippen molar-refractivity contribution in [1.82, 2.24) is 30.0 Å². The lowest BCUT2D eigenvalue weighted by molar-refractivity contribution is 0.102. The third-order valence-electron chi connectivity index (χ3n) is 6.98. The molecule has 4 aromatic rings. The molecule has 188 valence electrons. The van der Waals surface area contributed by atoms with E-state index in [1.165, 1.54) is 6.20 Å². The van der Waals surface area contributed by atoms with Crippen molar-refractivity contribution in [3.63, 3.8) is 0 Å². The van der Waals surface area contributed by atoms with Gasteiger partial charge >= 0.3 is 0 Å². The van der Waals surface area contributed by atoms with Crippen molar-refractivity contribution in [3.05, 3.63) is 71.3 Å². The number of hydrogen-bond acceptors (Lipinski definition) is 5. The normalized spacial score (nSPS) is 19.6. The first-order valence-electron chi connectivity index (χ1n) is 12.4. The predicted octanol–water partition coefficient (Wildman–Crippen LogP) is 4.54. The number of anilines is 1. The van der Waals surface area contributed by atoms with E-state index in [-0.39, 0.29) is 22.5 Å². The highest BCUT2D eigenvalue weighted by Gasteiger charge is 2.48. The van der Waals surface area contributed by atoms with Gasteiger partial charge in [-0.2, -0.15) is 0 Å². The standard InChI is InChI=1S/C27H32FN7O/c1-16(2)12-29-13-18-8-22(33-24-21(28)14-30-23(18)24)25(36)32-20-7-5-6-19(9-20)27(10-17(3)11-27)26-34-31-15-35(26)4/h5-9,14-17,29-30H,10-13H2,1-4H3,(H,32,36). The number of aryl methyl sites for hydroxylation is 1. The first-order chi connectivity index (χ1) is 17.3. The molecule has 5 rings (SSSR count). The van der Waals surface area contributed by atoms with Gasteiger partial charge in [0.1, 0.15) is 23.4 Å². The number of carbonyl (C=O) groups excluding carboxylic acids is 1. The second-order valence-electron chi connectivity index (χ2n) is 10.4. The second kappa shape index (κ2) is 9.46. The molecule has 1 fully saturated rings. The van der Waals surface area contributed by atoms with Crippen LogP contribution >= 0.6 is 0 Å². The molecule has 3 heterocycles. The predicted molar refractivity (Wildman–Crippen MR) is 137 cm³/mol. The summed E-state index contributed by atoms with van der Waals surface area (Å²) in [6.07, 6.45) is 4.94. The maximum Gasteiger partial charge on any atom is 0.274 e. The van der Waals surface area contributed by atoms with Gasteiger partial charge in [0.05, 0.1) is 10.9 Å². The molecular formula is C27H32FN7O. The molecule has 1 saturated carbocycles. The number of nitrogens with one attached hydrogen (secondary N) is 3. The molecule has 0 aliphatic heterocycles. The van der Waals surface area contributed by atoms with Crippen molar-refractivity contribution in [3.8, 4) is 0 Å². The van der Waals surface area contributed by atoms with Gasteiger partial charge in [-0.3, -0.25) is 4.79 Å². The molecule has 8 nitrogen and oxygen atoms in total. The molecular weight excluding hydrogens is 457 g/mol. The molecule has 3 N–H and O–H groups in total. The fourth-order valence-corrected chi connectivity index (χ4v) is 5.37. The number of halogens is 1. The molecule has 1 aromatic carbocycles. The Kier molecular flexibility index (Phi) is 6.34. The maximum atomic E-state index is 14.4. The quantitative estimate of drug-likeness (QED) is 0.337. The summed E-state index contributed by atoms with van der Waals surface area (Å²) in [6.45, 7) is 7.79. The van der Waals surface area contributed by atoms with E-state index in [1.54, 1.807) is 12.4 Å². The van der Waals surface area contributed by atoms with E-state index in [9.17, 15) is 9.18 Å². The second-order valence-corrected chi connectivity index (χ2v) is 10.4. The third kappa shape index (κ3) is 4.39. The number of nitrogens with zero attached hydrogens (tertiary/aromatic N) is 4. The molecule has 1 aliphatic rings. The Morgan fingerprint density at radius 2 is 2.11 bits per heavy atom. The summed E-state index contributed by atoms with van der Waals surface area (Å²) in [7, 11) is 1.96. The molecule has 3 aromatic heterocycles. The first kappa shape index (κ1) is 24.1. The Bertz CT molecular complexity index is 1400. The third-order valence-corrected chi connectivity index (χ3v) is 6.98. The summed E-state index contributed by atoms with van der Waals surface area (Å²) in [5.74, 6) is 1.12. The van der Waals surface area contributed by atoms with E-state index >= 15 is 0 Å². The van der Waals surface area contributed by atoms with Crippen LogP contribution in [0.2, 0.25) is 0 Å². The van der Waals surface area contributed by atoms with E-state index in [0.29, 0.717) is 29.6 Å². The number of amides is 1. The number of aromatic nitrogens is 5. The number of rotatable bonds is 8. The highest BCUT2D eigenvalue weighted by molar-refractivity contribution is 6.04. The average molecular weight is 490 g/mol. The van der Waals surface area contributed by atoms with Gasteiger partial charge in [0.25, 0.3) is 5.91 Å². The molecule has 0 atom stereocenters. The van der Waals surface area contributed by atoms with Crippen molar-refractivity contribution >= 4 is 22.6 Å². The van der Waals surface area contributed by atoms with Gasteiger partial charge < -0.3 is 20.2 Å². The topological polar surface area (TPSA) is 101 Å². The summed E-state index contributed by atoms with van der Waals surface area (Å²) in [5.41, 5.74) is 3.27. The summed E-state index contributed by atoms with van der Waals surface area (Å²) >= 11 is 0. The Morgan fingerprint density at radius 1 is 1.31 bits per heavy atom. The van der Waals surface area contributed by atoms with Crippen LogP contribution in [0.3, 0.4) is 0 Å². The van der Waals surface area contributed by atoms with Crippen LogP contribution in [0, 0.1) is 17.7 Å². The number of hydrogen-bond donors (Lipinski definition) is 3. The van der Waals surface area contributed by atoms with Gasteiger partial charge in [-0.05, 0) is 60.5 Å². The maximum absolute atomic E-state index is 14.4. The van der Waals surface area contributed by atoms with Gasteiger partial charge in [0, 0.05) is 25.5 Å². The van der Waals surface area contributed by atoms with Gasteiger partial charge in [-0.25, -0.2) is 9.37 Å². The van der Waals surface area contributed by atoms with Crippen LogP contribution in [-0.2, 0) is 19.0 Å². The number of fused-ring (bicyclic) bond motifs is 1. The van der Waals surface area contributed by atoms with Crippen molar-refractivity contribution in [2.24, 2.45) is 18.9 Å². The molecule has 0 bridgehead atoms. The molecule has 1 aliphatic carbocycles. The minimum atomic E-state index is -0.475. The van der Waals surface area contributed by atoms with Crippen LogP contribution in [0.5, 0.6) is 0 Å². The monoisotopic (exact) mass is 489 g/mol. The lowest BCUT2D eigenvalue weighted by Crippen LogP contribution is -2.43. The summed E-state index contributed by atoms with van der Waals surface area (Å²) in [4.78, 5) is 20.5. The van der Waals surface area contributed by atoms with E-state index in [2.05, 4.69) is 57.6 Å². The average Bonchev–Trinajstić information content (AvgIpc) is 3.42. The summed E-state index contributed by atoms with van der Waals surface area (Å²) < 4.78 is 16.4. The van der Waals surface area contributed by atoms with E-state index in [0.717, 1.165) is 36.3 Å². The van der Waals surface area contributed by atoms with Crippen LogP contribution in [0.15, 0.2) is 42.9 Å². The van der Waals surface area contributed by atoms with Crippen molar-refractivity contribution in [2.45, 2.75) is 45.6 Å². The molecule has 0 radical (unpaired) electrons.